The summed E-state index contributed by atoms with van der Waals surface area (Å²) < 4.78 is 14.8. The third-order valence-corrected chi connectivity index (χ3v) is 4.11. The number of nitrogens with zero attached hydrogens (tertiary/aromatic N) is 2. The van der Waals surface area contributed by atoms with E-state index in [0.29, 0.717) is 0 Å². The van der Waals surface area contributed by atoms with Gasteiger partial charge in [-0.2, -0.15) is 0 Å². The number of fused-ring (bicyclic) bond motifs is 1. The first-order chi connectivity index (χ1) is 10.9. The Bertz CT molecular complexity index is 769. The number of hydrogen-bond donors (Lipinski definition) is 0. The van der Waals surface area contributed by atoms with Gasteiger partial charge in [0, 0.05) is 5.39 Å². The van der Waals surface area contributed by atoms with Crippen molar-refractivity contribution in [1.82, 2.24) is 0 Å². The van der Waals surface area contributed by atoms with Crippen LogP contribution >= 0.6 is 11.3 Å². The molecule has 11 heteroatoms. The van der Waals surface area contributed by atoms with Crippen molar-refractivity contribution in [2.45, 2.75) is 0 Å². The van der Waals surface area contributed by atoms with Crippen molar-refractivity contribution in [3.63, 3.8) is 0 Å². The number of nitro groups is 2. The Hall–Kier alpha value is -2.95. The van der Waals surface area contributed by atoms with E-state index in [2.05, 4.69) is 4.74 Å². The lowest BCUT2D eigenvalue weighted by molar-refractivity contribution is -0.423. The van der Waals surface area contributed by atoms with Crippen molar-refractivity contribution < 1.29 is 28.9 Å². The molecule has 0 unspecified atom stereocenters. The van der Waals surface area contributed by atoms with Crippen LogP contribution in [0.3, 0.4) is 0 Å². The molecule has 1 heterocycles. The topological polar surface area (TPSA) is 131 Å². The number of carbonyl (C=O) groups is 1. The summed E-state index contributed by atoms with van der Waals surface area (Å²) in [5.74, 6) is -1.30. The van der Waals surface area contributed by atoms with E-state index in [1.54, 1.807) is 0 Å². The van der Waals surface area contributed by atoms with Gasteiger partial charge in [-0.15, -0.1) is 11.3 Å². The van der Waals surface area contributed by atoms with E-state index in [9.17, 15) is 25.0 Å². The fourth-order valence-corrected chi connectivity index (χ4v) is 3.21. The van der Waals surface area contributed by atoms with Gasteiger partial charge < -0.3 is 14.2 Å². The smallest absolute Gasteiger partial charge is 0.392 e. The first-order valence-electron chi connectivity index (χ1n) is 5.95. The van der Waals surface area contributed by atoms with Crippen molar-refractivity contribution in [2.24, 2.45) is 0 Å². The summed E-state index contributed by atoms with van der Waals surface area (Å²) in [4.78, 5) is 32.5. The van der Waals surface area contributed by atoms with Gasteiger partial charge in [-0.1, -0.05) is 0 Å². The molecular formula is C12H10N2O8S. The predicted octanol–water partition coefficient (Wildman–Crippen LogP) is 2.52. The minimum Gasteiger partial charge on any atom is -0.489 e. The molecule has 23 heavy (non-hydrogen) atoms. The molecule has 0 atom stereocenters. The van der Waals surface area contributed by atoms with Crippen LogP contribution in [0.15, 0.2) is 6.07 Å². The van der Waals surface area contributed by atoms with Crippen molar-refractivity contribution in [1.29, 1.82) is 0 Å². The normalized spacial score (nSPS) is 10.4. The second-order valence-electron chi connectivity index (χ2n) is 4.12. The molecule has 0 aliphatic carbocycles. The van der Waals surface area contributed by atoms with Gasteiger partial charge >= 0.3 is 17.3 Å². The average Bonchev–Trinajstić information content (AvgIpc) is 2.95. The minimum atomic E-state index is -0.922. The number of benzene rings is 1. The third-order valence-electron chi connectivity index (χ3n) is 3.00. The summed E-state index contributed by atoms with van der Waals surface area (Å²) in [5, 5.41) is 22.7. The van der Waals surface area contributed by atoms with Crippen LogP contribution in [0, 0.1) is 20.2 Å². The number of methoxy groups -OCH3 is 3. The number of nitro benzene ring substituents is 2. The van der Waals surface area contributed by atoms with E-state index in [4.69, 9.17) is 9.47 Å². The Morgan fingerprint density at radius 3 is 2.00 bits per heavy atom. The largest absolute Gasteiger partial charge is 0.489 e. The Labute approximate surface area is 132 Å². The summed E-state index contributed by atoms with van der Waals surface area (Å²) in [6.45, 7) is 0. The number of esters is 1. The molecule has 122 valence electrons. The van der Waals surface area contributed by atoms with Crippen LogP contribution in [-0.4, -0.2) is 37.1 Å². The summed E-state index contributed by atoms with van der Waals surface area (Å²) in [6, 6.07) is 1.31. The standard InChI is InChI=1S/C12H10N2O8S/c1-20-9-5-4-6(12(15)22-3)23-11(5)10(21-2)8(14(18)19)7(9)13(16)17/h4H,1-3H3. The van der Waals surface area contributed by atoms with Crippen LogP contribution < -0.4 is 9.47 Å². The molecule has 2 rings (SSSR count). The first-order valence-corrected chi connectivity index (χ1v) is 6.77. The van der Waals surface area contributed by atoms with E-state index >= 15 is 0 Å². The highest BCUT2D eigenvalue weighted by Gasteiger charge is 2.39. The highest BCUT2D eigenvalue weighted by atomic mass is 32.1. The average molecular weight is 342 g/mol. The van der Waals surface area contributed by atoms with E-state index < -0.39 is 27.2 Å². The van der Waals surface area contributed by atoms with Gasteiger partial charge in [-0.3, -0.25) is 20.2 Å². The quantitative estimate of drug-likeness (QED) is 0.460. The molecule has 1 aromatic heterocycles. The van der Waals surface area contributed by atoms with Gasteiger partial charge in [-0.05, 0) is 6.07 Å². The van der Waals surface area contributed by atoms with Crippen LogP contribution in [0.1, 0.15) is 9.67 Å². The minimum absolute atomic E-state index is 0.105. The zero-order valence-corrected chi connectivity index (χ0v) is 13.0. The van der Waals surface area contributed by atoms with Gasteiger partial charge in [0.1, 0.15) is 4.88 Å². The maximum absolute atomic E-state index is 11.7. The van der Waals surface area contributed by atoms with Crippen LogP contribution in [0.5, 0.6) is 11.5 Å². The molecule has 0 saturated carbocycles. The molecule has 1 aromatic carbocycles. The highest BCUT2D eigenvalue weighted by Crippen LogP contribution is 2.52. The van der Waals surface area contributed by atoms with Crippen molar-refractivity contribution in [2.75, 3.05) is 21.3 Å². The summed E-state index contributed by atoms with van der Waals surface area (Å²) in [6.07, 6.45) is 0. The number of carbonyl (C=O) groups excluding carboxylic acids is 1. The Balaban J connectivity index is 3.03. The molecule has 10 nitrogen and oxygen atoms in total. The van der Waals surface area contributed by atoms with Crippen LogP contribution in [-0.2, 0) is 4.74 Å². The van der Waals surface area contributed by atoms with Crippen LogP contribution in [0.4, 0.5) is 11.4 Å². The highest BCUT2D eigenvalue weighted by molar-refractivity contribution is 7.21. The number of hydrogen-bond acceptors (Lipinski definition) is 9. The fraction of sp³-hybridized carbons (Fsp3) is 0.250. The Kier molecular flexibility index (Phi) is 4.31. The fourth-order valence-electron chi connectivity index (χ4n) is 2.11. The second-order valence-corrected chi connectivity index (χ2v) is 5.18. The maximum atomic E-state index is 11.7. The number of rotatable bonds is 5. The SMILES string of the molecule is COC(=O)c1cc2c(OC)c([N+](=O)[O-])c([N+](=O)[O-])c(OC)c2s1. The van der Waals surface area contributed by atoms with Crippen molar-refractivity contribution in [3.05, 3.63) is 31.2 Å². The first kappa shape index (κ1) is 16.4. The molecule has 0 aliphatic heterocycles. The summed E-state index contributed by atoms with van der Waals surface area (Å²) in [7, 11) is 3.47. The zero-order chi connectivity index (χ0) is 17.3. The predicted molar refractivity (Wildman–Crippen MR) is 79.6 cm³/mol. The lowest BCUT2D eigenvalue weighted by atomic mass is 10.1. The van der Waals surface area contributed by atoms with E-state index in [-0.39, 0.29) is 26.5 Å². The molecule has 0 spiro atoms. The molecule has 2 aromatic rings. The van der Waals surface area contributed by atoms with E-state index in [1.807, 2.05) is 0 Å². The Morgan fingerprint density at radius 2 is 1.57 bits per heavy atom. The molecule has 0 N–H and O–H groups in total. The molecule has 0 saturated heterocycles. The van der Waals surface area contributed by atoms with E-state index in [1.165, 1.54) is 13.2 Å². The van der Waals surface area contributed by atoms with Crippen LogP contribution in [0.25, 0.3) is 10.1 Å². The molecular weight excluding hydrogens is 332 g/mol. The van der Waals surface area contributed by atoms with Crippen molar-refractivity contribution in [3.8, 4) is 11.5 Å². The van der Waals surface area contributed by atoms with Gasteiger partial charge in [-0.25, -0.2) is 4.79 Å². The Morgan fingerprint density at radius 1 is 1.04 bits per heavy atom. The lowest BCUT2D eigenvalue weighted by Gasteiger charge is -2.08. The van der Waals surface area contributed by atoms with Gasteiger partial charge in [0.05, 0.1) is 35.9 Å². The zero-order valence-electron chi connectivity index (χ0n) is 12.1. The third kappa shape index (κ3) is 2.50. The number of ether oxygens (including phenoxy) is 3. The monoisotopic (exact) mass is 342 g/mol. The summed E-state index contributed by atoms with van der Waals surface area (Å²) >= 11 is 0.856. The van der Waals surface area contributed by atoms with Gasteiger partial charge in [0.25, 0.3) is 0 Å². The molecule has 0 aliphatic rings. The summed E-state index contributed by atoms with van der Waals surface area (Å²) in [5.41, 5.74) is -1.67. The molecule has 0 fully saturated rings. The van der Waals surface area contributed by atoms with Gasteiger partial charge in [0.2, 0.25) is 11.5 Å². The van der Waals surface area contributed by atoms with Crippen LogP contribution in [0.2, 0.25) is 0 Å². The molecule has 0 bridgehead atoms. The lowest BCUT2D eigenvalue weighted by Crippen LogP contribution is -2.02. The maximum Gasteiger partial charge on any atom is 0.392 e. The molecule has 0 amide bonds. The van der Waals surface area contributed by atoms with E-state index in [0.717, 1.165) is 25.6 Å². The van der Waals surface area contributed by atoms with Crippen molar-refractivity contribution >= 4 is 38.8 Å². The van der Waals surface area contributed by atoms with Gasteiger partial charge in [0.15, 0.2) is 0 Å². The molecule has 0 radical (unpaired) electrons. The second kappa shape index (κ2) is 6.04. The number of thiophene rings is 1.